The average molecular weight is 177 g/mol. The molecule has 0 saturated heterocycles. The fraction of sp³-hybridized carbons (Fsp3) is 0.200. The van der Waals surface area contributed by atoms with E-state index in [4.69, 9.17) is 5.26 Å². The molecule has 0 aliphatic heterocycles. The molecule has 2 nitrogen and oxygen atoms in total. The van der Waals surface area contributed by atoms with Crippen LogP contribution in [-0.2, 0) is 0 Å². The van der Waals surface area contributed by atoms with Crippen LogP contribution in [0.1, 0.15) is 29.3 Å². The highest BCUT2D eigenvalue weighted by Crippen LogP contribution is 2.10. The number of nitrogens with zero attached hydrogens (tertiary/aromatic N) is 1. The van der Waals surface area contributed by atoms with Gasteiger partial charge in [0.05, 0.1) is 5.56 Å². The molecule has 0 aromatic heterocycles. The van der Waals surface area contributed by atoms with Crippen molar-refractivity contribution in [3.8, 4) is 6.07 Å². The van der Waals surface area contributed by atoms with Gasteiger partial charge in [0.2, 0.25) is 0 Å². The highest BCUT2D eigenvalue weighted by molar-refractivity contribution is 5.96. The molecule has 66 valence electrons. The third-order valence-corrected chi connectivity index (χ3v) is 1.73. The zero-order chi connectivity index (χ0) is 9.84. The van der Waals surface area contributed by atoms with Crippen LogP contribution in [0, 0.1) is 17.1 Å². The van der Waals surface area contributed by atoms with Gasteiger partial charge in [0.1, 0.15) is 11.9 Å². The predicted molar refractivity (Wildman–Crippen MR) is 45.7 cm³/mol. The van der Waals surface area contributed by atoms with Crippen LogP contribution in [0.25, 0.3) is 0 Å². The number of rotatable bonds is 2. The van der Waals surface area contributed by atoms with Crippen molar-refractivity contribution in [2.24, 2.45) is 0 Å². The van der Waals surface area contributed by atoms with Gasteiger partial charge in [0, 0.05) is 12.0 Å². The summed E-state index contributed by atoms with van der Waals surface area (Å²) in [5.74, 6) is -0.674. The van der Waals surface area contributed by atoms with Gasteiger partial charge >= 0.3 is 0 Å². The van der Waals surface area contributed by atoms with Gasteiger partial charge in [-0.15, -0.1) is 0 Å². The summed E-state index contributed by atoms with van der Waals surface area (Å²) in [5.41, 5.74) is 0.305. The number of carbonyl (C=O) groups is 1. The molecule has 0 aliphatic rings. The minimum absolute atomic E-state index is 0.0840. The normalized spacial score (nSPS) is 9.31. The Morgan fingerprint density at radius 1 is 1.62 bits per heavy atom. The molecule has 0 bridgehead atoms. The first-order chi connectivity index (χ1) is 6.19. The Morgan fingerprint density at radius 2 is 2.31 bits per heavy atom. The van der Waals surface area contributed by atoms with Crippen LogP contribution in [0.4, 0.5) is 4.39 Å². The summed E-state index contributed by atoms with van der Waals surface area (Å²) in [4.78, 5) is 11.2. The van der Waals surface area contributed by atoms with Crippen LogP contribution in [0.15, 0.2) is 18.2 Å². The number of ketones is 1. The molecular weight excluding hydrogens is 169 g/mol. The van der Waals surface area contributed by atoms with Gasteiger partial charge in [-0.3, -0.25) is 4.79 Å². The van der Waals surface area contributed by atoms with E-state index in [9.17, 15) is 9.18 Å². The highest BCUT2D eigenvalue weighted by atomic mass is 19.1. The van der Waals surface area contributed by atoms with E-state index in [-0.39, 0.29) is 11.3 Å². The molecule has 1 rings (SSSR count). The number of hydrogen-bond donors (Lipinski definition) is 0. The lowest BCUT2D eigenvalue weighted by molar-refractivity contribution is 0.0988. The molecule has 0 heterocycles. The van der Waals surface area contributed by atoms with E-state index in [2.05, 4.69) is 0 Å². The number of nitriles is 1. The van der Waals surface area contributed by atoms with Gasteiger partial charge in [-0.2, -0.15) is 5.26 Å². The van der Waals surface area contributed by atoms with Gasteiger partial charge in [0.25, 0.3) is 0 Å². The van der Waals surface area contributed by atoms with Crippen LogP contribution in [0.5, 0.6) is 0 Å². The van der Waals surface area contributed by atoms with Gasteiger partial charge in [-0.05, 0) is 18.2 Å². The van der Waals surface area contributed by atoms with E-state index in [0.29, 0.717) is 12.0 Å². The molecule has 0 N–H and O–H groups in total. The van der Waals surface area contributed by atoms with E-state index >= 15 is 0 Å². The maximum atomic E-state index is 12.8. The maximum absolute atomic E-state index is 12.8. The van der Waals surface area contributed by atoms with Crippen LogP contribution >= 0.6 is 0 Å². The summed E-state index contributed by atoms with van der Waals surface area (Å²) in [6, 6.07) is 5.50. The van der Waals surface area contributed by atoms with Gasteiger partial charge in [0.15, 0.2) is 5.78 Å². The first kappa shape index (κ1) is 9.40. The van der Waals surface area contributed by atoms with E-state index in [1.807, 2.05) is 0 Å². The van der Waals surface area contributed by atoms with E-state index < -0.39 is 5.82 Å². The van der Waals surface area contributed by atoms with E-state index in [0.717, 1.165) is 6.07 Å². The molecule has 1 aromatic carbocycles. The summed E-state index contributed by atoms with van der Waals surface area (Å²) >= 11 is 0. The number of hydrogen-bond acceptors (Lipinski definition) is 2. The molecule has 0 aliphatic carbocycles. The van der Waals surface area contributed by atoms with Crippen LogP contribution in [0.2, 0.25) is 0 Å². The summed E-state index contributed by atoms with van der Waals surface area (Å²) in [5, 5.41) is 8.50. The smallest absolute Gasteiger partial charge is 0.162 e. The molecule has 1 aromatic rings. The second-order valence-electron chi connectivity index (χ2n) is 2.58. The van der Waals surface area contributed by atoms with Crippen molar-refractivity contribution in [3.05, 3.63) is 35.1 Å². The number of benzene rings is 1. The van der Waals surface area contributed by atoms with Gasteiger partial charge < -0.3 is 0 Å². The van der Waals surface area contributed by atoms with Crippen LogP contribution in [0.3, 0.4) is 0 Å². The van der Waals surface area contributed by atoms with Crippen molar-refractivity contribution < 1.29 is 9.18 Å². The monoisotopic (exact) mass is 177 g/mol. The Kier molecular flexibility index (Phi) is 2.76. The molecule has 0 fully saturated rings. The molecule has 0 radical (unpaired) electrons. The summed E-state index contributed by atoms with van der Waals surface area (Å²) in [6.45, 7) is 1.72. The molecule has 0 saturated carbocycles. The SMILES string of the molecule is CCC(=O)c1ccc(F)c(C#N)c1. The molecule has 0 unspecified atom stereocenters. The second kappa shape index (κ2) is 3.81. The quantitative estimate of drug-likeness (QED) is 0.650. The van der Waals surface area contributed by atoms with E-state index in [1.165, 1.54) is 12.1 Å². The van der Waals surface area contributed by atoms with E-state index in [1.54, 1.807) is 13.0 Å². The Hall–Kier alpha value is -1.69. The molecular formula is C10H8FNO. The highest BCUT2D eigenvalue weighted by Gasteiger charge is 2.07. The third kappa shape index (κ3) is 1.91. The largest absolute Gasteiger partial charge is 0.294 e. The van der Waals surface area contributed by atoms with Crippen molar-refractivity contribution in [2.75, 3.05) is 0 Å². The number of Topliss-reactive ketones (excluding diaryl/α,β-unsaturated/α-hetero) is 1. The van der Waals surface area contributed by atoms with Crippen LogP contribution in [-0.4, -0.2) is 5.78 Å². The van der Waals surface area contributed by atoms with Crippen molar-refractivity contribution in [3.63, 3.8) is 0 Å². The summed E-state index contributed by atoms with van der Waals surface area (Å²) < 4.78 is 12.8. The lowest BCUT2D eigenvalue weighted by Crippen LogP contribution is -1.97. The van der Waals surface area contributed by atoms with Crippen LogP contribution < -0.4 is 0 Å². The summed E-state index contributed by atoms with van der Waals surface area (Å²) in [7, 11) is 0. The average Bonchev–Trinajstić information content (AvgIpc) is 2.17. The first-order valence-electron chi connectivity index (χ1n) is 3.92. The van der Waals surface area contributed by atoms with Crippen molar-refractivity contribution in [2.45, 2.75) is 13.3 Å². The standard InChI is InChI=1S/C10H8FNO/c1-2-10(13)7-3-4-9(11)8(5-7)6-12/h3-5H,2H2,1H3. The van der Waals surface area contributed by atoms with Crippen molar-refractivity contribution in [1.29, 1.82) is 5.26 Å². The Balaban J connectivity index is 3.15. The maximum Gasteiger partial charge on any atom is 0.162 e. The second-order valence-corrected chi connectivity index (χ2v) is 2.58. The first-order valence-corrected chi connectivity index (χ1v) is 3.92. The summed E-state index contributed by atoms with van der Waals surface area (Å²) in [6.07, 6.45) is 0.358. The lowest BCUT2D eigenvalue weighted by atomic mass is 10.1. The lowest BCUT2D eigenvalue weighted by Gasteiger charge is -1.98. The number of halogens is 1. The fourth-order valence-electron chi connectivity index (χ4n) is 0.989. The fourth-order valence-corrected chi connectivity index (χ4v) is 0.989. The topological polar surface area (TPSA) is 40.9 Å². The number of carbonyl (C=O) groups excluding carboxylic acids is 1. The molecule has 0 atom stereocenters. The van der Waals surface area contributed by atoms with Gasteiger partial charge in [-0.1, -0.05) is 6.92 Å². The Morgan fingerprint density at radius 3 is 2.85 bits per heavy atom. The third-order valence-electron chi connectivity index (χ3n) is 1.73. The zero-order valence-electron chi connectivity index (χ0n) is 7.17. The van der Waals surface area contributed by atoms with Gasteiger partial charge in [-0.25, -0.2) is 4.39 Å². The molecule has 0 spiro atoms. The predicted octanol–water partition coefficient (Wildman–Crippen LogP) is 2.29. The molecule has 13 heavy (non-hydrogen) atoms. The minimum atomic E-state index is -0.588. The van der Waals surface area contributed by atoms with Crippen molar-refractivity contribution >= 4 is 5.78 Å². The zero-order valence-corrected chi connectivity index (χ0v) is 7.17. The van der Waals surface area contributed by atoms with Crippen molar-refractivity contribution in [1.82, 2.24) is 0 Å². The molecule has 0 amide bonds. The minimum Gasteiger partial charge on any atom is -0.294 e. The molecule has 3 heteroatoms. The Labute approximate surface area is 75.6 Å². The Bertz CT molecular complexity index is 379.